The normalized spacial score (nSPS) is 17.7. The summed E-state index contributed by atoms with van der Waals surface area (Å²) in [4.78, 5) is 14.5. The summed E-state index contributed by atoms with van der Waals surface area (Å²) in [6, 6.07) is 10.3. The molecule has 1 aliphatic rings. The molecule has 134 valence electrons. The van der Waals surface area contributed by atoms with Gasteiger partial charge in [-0.3, -0.25) is 4.90 Å². The smallest absolute Gasteiger partial charge is 0.314 e. The van der Waals surface area contributed by atoms with Gasteiger partial charge in [-0.1, -0.05) is 44.2 Å². The lowest BCUT2D eigenvalue weighted by Crippen LogP contribution is -2.43. The van der Waals surface area contributed by atoms with Gasteiger partial charge in [0.2, 0.25) is 0 Å². The molecule has 3 N–H and O–H groups in total. The maximum Gasteiger partial charge on any atom is 0.314 e. The van der Waals surface area contributed by atoms with Crippen LogP contribution in [0.2, 0.25) is 0 Å². The first kappa shape index (κ1) is 18.7. The fourth-order valence-corrected chi connectivity index (χ4v) is 3.28. The number of nitrogens with zero attached hydrogens (tertiary/aromatic N) is 1. The summed E-state index contributed by atoms with van der Waals surface area (Å²) in [5, 5.41) is 15.6. The summed E-state index contributed by atoms with van der Waals surface area (Å²) in [6.07, 6.45) is 2.65. The lowest BCUT2D eigenvalue weighted by atomic mass is 10.1. The summed E-state index contributed by atoms with van der Waals surface area (Å²) in [7, 11) is 0. The van der Waals surface area contributed by atoms with E-state index in [9.17, 15) is 9.90 Å². The maximum atomic E-state index is 12.0. The molecule has 1 fully saturated rings. The second kappa shape index (κ2) is 9.64. The Balaban J connectivity index is 1.83. The summed E-state index contributed by atoms with van der Waals surface area (Å²) < 4.78 is 0. The number of carbonyl (C=O) groups excluding carboxylic acids is 1. The first-order valence-corrected chi connectivity index (χ1v) is 9.05. The average Bonchev–Trinajstić information content (AvgIpc) is 3.08. The molecule has 5 nitrogen and oxygen atoms in total. The highest BCUT2D eigenvalue weighted by molar-refractivity contribution is 5.73. The maximum absolute atomic E-state index is 12.0. The number of nitrogens with one attached hydrogen (secondary N) is 2. The Labute approximate surface area is 145 Å². The Kier molecular flexibility index (Phi) is 7.53. The molecule has 2 rings (SSSR count). The van der Waals surface area contributed by atoms with Crippen molar-refractivity contribution in [2.75, 3.05) is 26.2 Å². The molecule has 1 aromatic carbocycles. The molecule has 1 aromatic rings. The van der Waals surface area contributed by atoms with E-state index < -0.39 is 6.10 Å². The Hall–Kier alpha value is -1.59. The standard InChI is InChI=1S/C19H31N3O2/c1-15(2)12-17(23)13-20-19(24)21-14-18(22-10-6-7-11-22)16-8-4-3-5-9-16/h3-5,8-9,15,17-18,23H,6-7,10-14H2,1-2H3,(H2,20,21,24). The molecule has 2 unspecified atom stereocenters. The molecule has 0 aliphatic carbocycles. The zero-order valence-corrected chi connectivity index (χ0v) is 14.9. The Morgan fingerprint density at radius 3 is 2.38 bits per heavy atom. The topological polar surface area (TPSA) is 64.6 Å². The van der Waals surface area contributed by atoms with Crippen LogP contribution in [-0.2, 0) is 0 Å². The number of amides is 2. The summed E-state index contributed by atoms with van der Waals surface area (Å²) in [6.45, 7) is 7.15. The van der Waals surface area contributed by atoms with Crippen molar-refractivity contribution < 1.29 is 9.90 Å². The van der Waals surface area contributed by atoms with Crippen LogP contribution in [0.25, 0.3) is 0 Å². The second-order valence-corrected chi connectivity index (χ2v) is 7.04. The van der Waals surface area contributed by atoms with E-state index in [-0.39, 0.29) is 12.1 Å². The van der Waals surface area contributed by atoms with Crippen LogP contribution in [0.1, 0.15) is 44.7 Å². The number of benzene rings is 1. The zero-order valence-electron chi connectivity index (χ0n) is 14.9. The average molecular weight is 333 g/mol. The van der Waals surface area contributed by atoms with Gasteiger partial charge in [-0.25, -0.2) is 4.79 Å². The van der Waals surface area contributed by atoms with Crippen LogP contribution in [0.3, 0.4) is 0 Å². The van der Waals surface area contributed by atoms with Gasteiger partial charge in [-0.15, -0.1) is 0 Å². The van der Waals surface area contributed by atoms with Gasteiger partial charge in [0.25, 0.3) is 0 Å². The van der Waals surface area contributed by atoms with Crippen molar-refractivity contribution in [3.63, 3.8) is 0 Å². The Bertz CT molecular complexity index is 487. The van der Waals surface area contributed by atoms with Crippen LogP contribution in [0.5, 0.6) is 0 Å². The first-order valence-electron chi connectivity index (χ1n) is 9.05. The van der Waals surface area contributed by atoms with E-state index in [0.29, 0.717) is 25.4 Å². The molecule has 0 bridgehead atoms. The van der Waals surface area contributed by atoms with Gasteiger partial charge in [0.05, 0.1) is 12.1 Å². The van der Waals surface area contributed by atoms with E-state index in [1.165, 1.54) is 18.4 Å². The third-order valence-corrected chi connectivity index (χ3v) is 4.46. The Morgan fingerprint density at radius 2 is 1.75 bits per heavy atom. The molecule has 2 atom stereocenters. The first-order chi connectivity index (χ1) is 11.6. The van der Waals surface area contributed by atoms with Crippen molar-refractivity contribution in [2.24, 2.45) is 5.92 Å². The predicted octanol–water partition coefficient (Wildman–Crippen LogP) is 2.53. The summed E-state index contributed by atoms with van der Waals surface area (Å²) in [5.74, 6) is 0.419. The highest BCUT2D eigenvalue weighted by Gasteiger charge is 2.23. The summed E-state index contributed by atoms with van der Waals surface area (Å²) in [5.41, 5.74) is 1.24. The third kappa shape index (κ3) is 6.13. The minimum atomic E-state index is -0.487. The molecule has 24 heavy (non-hydrogen) atoms. The highest BCUT2D eigenvalue weighted by atomic mass is 16.3. The SMILES string of the molecule is CC(C)CC(O)CNC(=O)NCC(c1ccccc1)N1CCCC1. The lowest BCUT2D eigenvalue weighted by molar-refractivity contribution is 0.146. The summed E-state index contributed by atoms with van der Waals surface area (Å²) >= 11 is 0. The van der Waals surface area contributed by atoms with E-state index in [0.717, 1.165) is 13.1 Å². The molecule has 0 radical (unpaired) electrons. The van der Waals surface area contributed by atoms with Crippen LogP contribution in [0.15, 0.2) is 30.3 Å². The van der Waals surface area contributed by atoms with Crippen molar-refractivity contribution >= 4 is 6.03 Å². The number of aliphatic hydroxyl groups is 1. The molecule has 1 aliphatic heterocycles. The Morgan fingerprint density at radius 1 is 1.12 bits per heavy atom. The molecular weight excluding hydrogens is 302 g/mol. The molecule has 5 heteroatoms. The number of rotatable bonds is 8. The van der Waals surface area contributed by atoms with Crippen molar-refractivity contribution in [3.8, 4) is 0 Å². The van der Waals surface area contributed by atoms with Gasteiger partial charge >= 0.3 is 6.03 Å². The molecule has 0 saturated carbocycles. The zero-order chi connectivity index (χ0) is 17.4. The fraction of sp³-hybridized carbons (Fsp3) is 0.632. The molecule has 2 amide bonds. The molecule has 0 spiro atoms. The van der Waals surface area contributed by atoms with Crippen LogP contribution in [0, 0.1) is 5.92 Å². The largest absolute Gasteiger partial charge is 0.391 e. The van der Waals surface area contributed by atoms with Gasteiger partial charge in [0.1, 0.15) is 0 Å². The van der Waals surface area contributed by atoms with Gasteiger partial charge in [-0.2, -0.15) is 0 Å². The van der Waals surface area contributed by atoms with E-state index in [2.05, 4.69) is 41.5 Å². The van der Waals surface area contributed by atoms with E-state index in [1.54, 1.807) is 0 Å². The van der Waals surface area contributed by atoms with Gasteiger partial charge < -0.3 is 15.7 Å². The van der Waals surface area contributed by atoms with Crippen molar-refractivity contribution in [2.45, 2.75) is 45.3 Å². The number of urea groups is 1. The van der Waals surface area contributed by atoms with E-state index in [1.807, 2.05) is 18.2 Å². The number of carbonyl (C=O) groups is 1. The minimum Gasteiger partial charge on any atom is -0.391 e. The van der Waals surface area contributed by atoms with Crippen molar-refractivity contribution in [1.82, 2.24) is 15.5 Å². The van der Waals surface area contributed by atoms with E-state index in [4.69, 9.17) is 0 Å². The van der Waals surface area contributed by atoms with Crippen LogP contribution < -0.4 is 10.6 Å². The number of aliphatic hydroxyl groups excluding tert-OH is 1. The lowest BCUT2D eigenvalue weighted by Gasteiger charge is -2.28. The van der Waals surface area contributed by atoms with Crippen LogP contribution in [-0.4, -0.2) is 48.3 Å². The van der Waals surface area contributed by atoms with Gasteiger partial charge in [0.15, 0.2) is 0 Å². The monoisotopic (exact) mass is 333 g/mol. The molecule has 0 aromatic heterocycles. The number of hydrogen-bond donors (Lipinski definition) is 3. The quantitative estimate of drug-likeness (QED) is 0.685. The number of likely N-dealkylation sites (tertiary alicyclic amines) is 1. The highest BCUT2D eigenvalue weighted by Crippen LogP contribution is 2.24. The molecule has 1 saturated heterocycles. The van der Waals surface area contributed by atoms with Crippen molar-refractivity contribution in [3.05, 3.63) is 35.9 Å². The second-order valence-electron chi connectivity index (χ2n) is 7.04. The van der Waals surface area contributed by atoms with Crippen LogP contribution in [0.4, 0.5) is 4.79 Å². The molecule has 1 heterocycles. The fourth-order valence-electron chi connectivity index (χ4n) is 3.28. The molecular formula is C19H31N3O2. The van der Waals surface area contributed by atoms with Gasteiger partial charge in [-0.05, 0) is 43.8 Å². The minimum absolute atomic E-state index is 0.208. The number of hydrogen-bond acceptors (Lipinski definition) is 3. The third-order valence-electron chi connectivity index (χ3n) is 4.46. The van der Waals surface area contributed by atoms with Gasteiger partial charge in [0, 0.05) is 13.1 Å². The van der Waals surface area contributed by atoms with Crippen molar-refractivity contribution in [1.29, 1.82) is 0 Å². The van der Waals surface area contributed by atoms with Crippen LogP contribution >= 0.6 is 0 Å². The predicted molar refractivity (Wildman–Crippen MR) is 96.9 cm³/mol. The van der Waals surface area contributed by atoms with E-state index >= 15 is 0 Å².